The summed E-state index contributed by atoms with van der Waals surface area (Å²) >= 11 is 0. The number of amides is 1. The summed E-state index contributed by atoms with van der Waals surface area (Å²) in [6, 6.07) is 14.4. The van der Waals surface area contributed by atoms with Crippen molar-refractivity contribution in [3.05, 3.63) is 65.5 Å². The molecule has 3 rings (SSSR count). The van der Waals surface area contributed by atoms with E-state index in [1.165, 1.54) is 0 Å². The number of aromatic nitrogens is 2. The van der Waals surface area contributed by atoms with E-state index in [0.29, 0.717) is 23.8 Å². The number of carbonyl (C=O) groups is 2. The van der Waals surface area contributed by atoms with Gasteiger partial charge in [-0.15, -0.1) is 10.2 Å². The third-order valence-electron chi connectivity index (χ3n) is 4.67. The van der Waals surface area contributed by atoms with E-state index in [9.17, 15) is 9.59 Å². The standard InChI is InChI=1S/C24H27N3O5/c1-4-5-14-30-20-12-10-18(11-13-20)22(29)25-15-21(28)31-17(3)23-26-27-24(32-23)19-8-6-16(2)7-9-19/h6-13,17H,4-5,14-15H2,1-3H3,(H,25,29). The number of hydrogen-bond donors (Lipinski definition) is 1. The molecule has 2 aromatic carbocycles. The molecule has 0 saturated carbocycles. The minimum atomic E-state index is -0.745. The van der Waals surface area contributed by atoms with Gasteiger partial charge in [0.25, 0.3) is 11.8 Å². The SMILES string of the molecule is CCCCOc1ccc(C(=O)NCC(=O)OC(C)c2nnc(-c3ccc(C)cc3)o2)cc1. The molecule has 1 amide bonds. The predicted octanol–water partition coefficient (Wildman–Crippen LogP) is 4.26. The maximum Gasteiger partial charge on any atom is 0.326 e. The molecule has 1 unspecified atom stereocenters. The lowest BCUT2D eigenvalue weighted by molar-refractivity contribution is -0.148. The van der Waals surface area contributed by atoms with Crippen molar-refractivity contribution in [2.45, 2.75) is 39.7 Å². The lowest BCUT2D eigenvalue weighted by atomic mass is 10.1. The molecule has 0 saturated heterocycles. The first kappa shape index (κ1) is 23.0. The first-order valence-electron chi connectivity index (χ1n) is 10.6. The van der Waals surface area contributed by atoms with Crippen LogP contribution in [0, 0.1) is 6.92 Å². The number of carbonyl (C=O) groups excluding carboxylic acids is 2. The van der Waals surface area contributed by atoms with E-state index < -0.39 is 12.1 Å². The van der Waals surface area contributed by atoms with Crippen LogP contribution in [-0.4, -0.2) is 35.2 Å². The highest BCUT2D eigenvalue weighted by Crippen LogP contribution is 2.22. The third-order valence-corrected chi connectivity index (χ3v) is 4.67. The lowest BCUT2D eigenvalue weighted by Crippen LogP contribution is -2.31. The molecule has 8 nitrogen and oxygen atoms in total. The average molecular weight is 437 g/mol. The molecular weight excluding hydrogens is 410 g/mol. The van der Waals surface area contributed by atoms with Gasteiger partial charge in [0, 0.05) is 11.1 Å². The van der Waals surface area contributed by atoms with Crippen molar-refractivity contribution in [3.8, 4) is 17.2 Å². The fourth-order valence-electron chi connectivity index (χ4n) is 2.79. The fourth-order valence-corrected chi connectivity index (χ4v) is 2.79. The number of aryl methyl sites for hydroxylation is 1. The van der Waals surface area contributed by atoms with Crippen LogP contribution < -0.4 is 10.1 Å². The Hall–Kier alpha value is -3.68. The highest BCUT2D eigenvalue weighted by molar-refractivity contribution is 5.96. The molecule has 8 heteroatoms. The highest BCUT2D eigenvalue weighted by atomic mass is 16.6. The molecule has 0 aliphatic heterocycles. The van der Waals surface area contributed by atoms with E-state index in [0.717, 1.165) is 24.0 Å². The number of rotatable bonds is 10. The zero-order valence-electron chi connectivity index (χ0n) is 18.5. The van der Waals surface area contributed by atoms with Crippen LogP contribution in [0.3, 0.4) is 0 Å². The second-order valence-electron chi connectivity index (χ2n) is 7.35. The summed E-state index contributed by atoms with van der Waals surface area (Å²) in [5.74, 6) is 0.236. The smallest absolute Gasteiger partial charge is 0.326 e. The van der Waals surface area contributed by atoms with Crippen LogP contribution in [0.5, 0.6) is 5.75 Å². The van der Waals surface area contributed by atoms with Gasteiger partial charge in [-0.3, -0.25) is 9.59 Å². The molecule has 0 aliphatic rings. The summed E-state index contributed by atoms with van der Waals surface area (Å²) in [4.78, 5) is 24.4. The quantitative estimate of drug-likeness (QED) is 0.373. The minimum Gasteiger partial charge on any atom is -0.494 e. The Kier molecular flexibility index (Phi) is 7.96. The molecule has 3 aromatic rings. The summed E-state index contributed by atoms with van der Waals surface area (Å²) in [5, 5.41) is 10.5. The minimum absolute atomic E-state index is 0.180. The van der Waals surface area contributed by atoms with Gasteiger partial charge in [0.15, 0.2) is 6.10 Å². The molecule has 1 heterocycles. The van der Waals surface area contributed by atoms with Crippen LogP contribution >= 0.6 is 0 Å². The second kappa shape index (κ2) is 11.1. The molecule has 168 valence electrons. The summed E-state index contributed by atoms with van der Waals surface area (Å²) in [6.45, 7) is 6.06. The van der Waals surface area contributed by atoms with Gasteiger partial charge in [-0.05, 0) is 56.7 Å². The van der Waals surface area contributed by atoms with E-state index in [1.807, 2.05) is 31.2 Å². The fraction of sp³-hybridized carbons (Fsp3) is 0.333. The largest absolute Gasteiger partial charge is 0.494 e. The van der Waals surface area contributed by atoms with E-state index in [4.69, 9.17) is 13.9 Å². The molecule has 0 spiro atoms. The number of unbranched alkanes of at least 4 members (excludes halogenated alkanes) is 1. The van der Waals surface area contributed by atoms with Crippen molar-refractivity contribution in [2.75, 3.05) is 13.2 Å². The second-order valence-corrected chi connectivity index (χ2v) is 7.35. The van der Waals surface area contributed by atoms with Crippen LogP contribution in [0.4, 0.5) is 0 Å². The number of ether oxygens (including phenoxy) is 2. The molecule has 32 heavy (non-hydrogen) atoms. The first-order valence-corrected chi connectivity index (χ1v) is 10.6. The monoisotopic (exact) mass is 437 g/mol. The van der Waals surface area contributed by atoms with Crippen molar-refractivity contribution in [2.24, 2.45) is 0 Å². The average Bonchev–Trinajstić information content (AvgIpc) is 3.29. The number of hydrogen-bond acceptors (Lipinski definition) is 7. The van der Waals surface area contributed by atoms with Gasteiger partial charge in [0.1, 0.15) is 12.3 Å². The van der Waals surface area contributed by atoms with Crippen molar-refractivity contribution in [3.63, 3.8) is 0 Å². The molecule has 0 fully saturated rings. The summed E-state index contributed by atoms with van der Waals surface area (Å²) in [5.41, 5.74) is 2.32. The van der Waals surface area contributed by atoms with Gasteiger partial charge >= 0.3 is 5.97 Å². The zero-order valence-corrected chi connectivity index (χ0v) is 18.5. The van der Waals surface area contributed by atoms with Gasteiger partial charge < -0.3 is 19.2 Å². The third kappa shape index (κ3) is 6.41. The molecular formula is C24H27N3O5. The first-order chi connectivity index (χ1) is 15.5. The molecule has 1 aromatic heterocycles. The van der Waals surface area contributed by atoms with Crippen LogP contribution in [0.2, 0.25) is 0 Å². The Bertz CT molecular complexity index is 1030. The Balaban J connectivity index is 1.47. The molecule has 1 N–H and O–H groups in total. The van der Waals surface area contributed by atoms with E-state index in [2.05, 4.69) is 22.4 Å². The van der Waals surface area contributed by atoms with Gasteiger partial charge in [-0.2, -0.15) is 0 Å². The van der Waals surface area contributed by atoms with Crippen LogP contribution in [0.15, 0.2) is 52.9 Å². The predicted molar refractivity (Wildman–Crippen MR) is 118 cm³/mol. The lowest BCUT2D eigenvalue weighted by Gasteiger charge is -2.10. The summed E-state index contributed by atoms with van der Waals surface area (Å²) in [7, 11) is 0. The maximum absolute atomic E-state index is 12.3. The van der Waals surface area contributed by atoms with Crippen molar-refractivity contribution in [1.82, 2.24) is 15.5 Å². The Morgan fingerprint density at radius 1 is 1.06 bits per heavy atom. The topological polar surface area (TPSA) is 104 Å². The molecule has 0 aliphatic carbocycles. The Morgan fingerprint density at radius 3 is 2.47 bits per heavy atom. The van der Waals surface area contributed by atoms with Gasteiger partial charge in [-0.1, -0.05) is 31.0 Å². The Labute approximate surface area is 186 Å². The summed E-state index contributed by atoms with van der Waals surface area (Å²) < 4.78 is 16.5. The van der Waals surface area contributed by atoms with Crippen molar-refractivity contribution in [1.29, 1.82) is 0 Å². The number of nitrogens with one attached hydrogen (secondary N) is 1. The van der Waals surface area contributed by atoms with Crippen LogP contribution in [0.25, 0.3) is 11.5 Å². The molecule has 0 bridgehead atoms. The summed E-state index contributed by atoms with van der Waals surface area (Å²) in [6.07, 6.45) is 1.28. The highest BCUT2D eigenvalue weighted by Gasteiger charge is 2.19. The van der Waals surface area contributed by atoms with Crippen LogP contribution in [0.1, 0.15) is 54.6 Å². The normalized spacial score (nSPS) is 11.6. The number of nitrogens with zero attached hydrogens (tertiary/aromatic N) is 2. The van der Waals surface area contributed by atoms with Gasteiger partial charge in [0.05, 0.1) is 6.61 Å². The Morgan fingerprint density at radius 2 is 1.78 bits per heavy atom. The van der Waals surface area contributed by atoms with Crippen molar-refractivity contribution < 1.29 is 23.5 Å². The van der Waals surface area contributed by atoms with E-state index in [-0.39, 0.29) is 18.3 Å². The number of benzene rings is 2. The van der Waals surface area contributed by atoms with E-state index >= 15 is 0 Å². The molecule has 0 radical (unpaired) electrons. The van der Waals surface area contributed by atoms with E-state index in [1.54, 1.807) is 31.2 Å². The van der Waals surface area contributed by atoms with Crippen molar-refractivity contribution >= 4 is 11.9 Å². The van der Waals surface area contributed by atoms with Gasteiger partial charge in [-0.25, -0.2) is 0 Å². The zero-order chi connectivity index (χ0) is 22.9. The maximum atomic E-state index is 12.3. The molecule has 1 atom stereocenters. The van der Waals surface area contributed by atoms with Crippen LogP contribution in [-0.2, 0) is 9.53 Å². The van der Waals surface area contributed by atoms with Gasteiger partial charge in [0.2, 0.25) is 5.89 Å². The number of esters is 1.